The van der Waals surface area contributed by atoms with Gasteiger partial charge < -0.3 is 4.74 Å². The molecule has 3 aromatic carbocycles. The zero-order valence-corrected chi connectivity index (χ0v) is 15.6. The Bertz CT molecular complexity index is 1130. The van der Waals surface area contributed by atoms with E-state index in [9.17, 15) is 18.1 Å². The normalized spacial score (nSPS) is 11.6. The second-order valence-corrected chi connectivity index (χ2v) is 7.84. The van der Waals surface area contributed by atoms with Crippen molar-refractivity contribution < 1.29 is 17.5 Å². The van der Waals surface area contributed by atoms with Crippen LogP contribution in [0.15, 0.2) is 88.7 Å². The number of sulfone groups is 1. The number of nitriles is 1. The molecule has 0 atom stereocenters. The van der Waals surface area contributed by atoms with E-state index >= 15 is 0 Å². The highest BCUT2D eigenvalue weighted by Gasteiger charge is 2.20. The summed E-state index contributed by atoms with van der Waals surface area (Å²) < 4.78 is 43.9. The van der Waals surface area contributed by atoms with Crippen LogP contribution in [0.4, 0.5) is 4.39 Å². The number of halogens is 1. The quantitative estimate of drug-likeness (QED) is 0.567. The van der Waals surface area contributed by atoms with Crippen molar-refractivity contribution in [3.8, 4) is 11.8 Å². The number of rotatable bonds is 6. The Hall–Kier alpha value is -3.43. The van der Waals surface area contributed by atoms with Crippen LogP contribution >= 0.6 is 0 Å². The third-order valence-corrected chi connectivity index (χ3v) is 5.61. The lowest BCUT2D eigenvalue weighted by Crippen LogP contribution is -2.03. The molecule has 3 rings (SSSR count). The molecular weight excluding hydrogens is 377 g/mol. The number of hydrogen-bond donors (Lipinski definition) is 0. The van der Waals surface area contributed by atoms with Gasteiger partial charge in [0.25, 0.3) is 0 Å². The molecule has 0 spiro atoms. The van der Waals surface area contributed by atoms with Crippen LogP contribution in [0.2, 0.25) is 0 Å². The van der Waals surface area contributed by atoms with Crippen LogP contribution in [0.3, 0.4) is 0 Å². The van der Waals surface area contributed by atoms with E-state index in [0.29, 0.717) is 11.3 Å². The Morgan fingerprint density at radius 3 is 2.39 bits per heavy atom. The molecule has 140 valence electrons. The first-order chi connectivity index (χ1) is 13.5. The summed E-state index contributed by atoms with van der Waals surface area (Å²) in [5.74, 6) is 0.187. The van der Waals surface area contributed by atoms with Gasteiger partial charge in [-0.05, 0) is 53.6 Å². The van der Waals surface area contributed by atoms with Crippen molar-refractivity contribution in [2.24, 2.45) is 0 Å². The number of ether oxygens (including phenoxy) is 1. The van der Waals surface area contributed by atoms with Gasteiger partial charge in [-0.2, -0.15) is 5.26 Å². The monoisotopic (exact) mass is 393 g/mol. The third kappa shape index (κ3) is 4.64. The largest absolute Gasteiger partial charge is 0.489 e. The van der Waals surface area contributed by atoms with E-state index in [1.165, 1.54) is 30.3 Å². The summed E-state index contributed by atoms with van der Waals surface area (Å²) in [7, 11) is -3.90. The minimum atomic E-state index is -3.90. The second kappa shape index (κ2) is 8.51. The van der Waals surface area contributed by atoms with Crippen LogP contribution in [0, 0.1) is 17.1 Å². The van der Waals surface area contributed by atoms with Gasteiger partial charge in [0.2, 0.25) is 9.84 Å². The van der Waals surface area contributed by atoms with E-state index in [2.05, 4.69) is 0 Å². The van der Waals surface area contributed by atoms with Gasteiger partial charge in [0.15, 0.2) is 0 Å². The van der Waals surface area contributed by atoms with Gasteiger partial charge in [0.1, 0.15) is 29.1 Å². The molecule has 0 N–H and O–H groups in total. The summed E-state index contributed by atoms with van der Waals surface area (Å²) in [5.41, 5.74) is 1.32. The maximum atomic E-state index is 13.0. The second-order valence-electron chi connectivity index (χ2n) is 5.92. The number of nitrogens with zero attached hydrogens (tertiary/aromatic N) is 1. The minimum absolute atomic E-state index is 0.0616. The van der Waals surface area contributed by atoms with Gasteiger partial charge >= 0.3 is 0 Å². The first-order valence-corrected chi connectivity index (χ1v) is 9.86. The van der Waals surface area contributed by atoms with Crippen LogP contribution in [-0.2, 0) is 16.4 Å². The molecule has 28 heavy (non-hydrogen) atoms. The highest BCUT2D eigenvalue weighted by Crippen LogP contribution is 2.23. The van der Waals surface area contributed by atoms with Crippen molar-refractivity contribution in [1.82, 2.24) is 0 Å². The van der Waals surface area contributed by atoms with Crippen molar-refractivity contribution in [3.63, 3.8) is 0 Å². The SMILES string of the molecule is N#CC(=Cc1cccc(OCc2ccc(F)cc2)c1)S(=O)(=O)c1ccccc1. The summed E-state index contributed by atoms with van der Waals surface area (Å²) in [4.78, 5) is -0.291. The molecule has 0 aliphatic rings. The van der Waals surface area contributed by atoms with E-state index < -0.39 is 9.84 Å². The third-order valence-electron chi connectivity index (χ3n) is 3.93. The first-order valence-electron chi connectivity index (χ1n) is 8.38. The molecule has 3 aromatic rings. The molecule has 0 radical (unpaired) electrons. The lowest BCUT2D eigenvalue weighted by molar-refractivity contribution is 0.306. The molecule has 0 aliphatic carbocycles. The van der Waals surface area contributed by atoms with Gasteiger partial charge in [-0.3, -0.25) is 0 Å². The van der Waals surface area contributed by atoms with Crippen molar-refractivity contribution >= 4 is 15.9 Å². The van der Waals surface area contributed by atoms with Crippen molar-refractivity contribution in [2.75, 3.05) is 0 Å². The molecule has 0 heterocycles. The Kier molecular flexibility index (Phi) is 5.87. The summed E-state index contributed by atoms with van der Waals surface area (Å²) in [6.07, 6.45) is 1.31. The van der Waals surface area contributed by atoms with Gasteiger partial charge in [0.05, 0.1) is 4.90 Å². The average Bonchev–Trinajstić information content (AvgIpc) is 2.72. The smallest absolute Gasteiger partial charge is 0.216 e. The fraction of sp³-hybridized carbons (Fsp3) is 0.0455. The zero-order valence-electron chi connectivity index (χ0n) is 14.7. The predicted octanol–water partition coefficient (Wildman–Crippen LogP) is 4.74. The molecule has 4 nitrogen and oxygen atoms in total. The standard InChI is InChI=1S/C22H16FNO3S/c23-19-11-9-17(10-12-19)16-27-20-6-4-5-18(13-20)14-22(15-24)28(25,26)21-7-2-1-3-8-21/h1-14H,16H2. The van der Waals surface area contributed by atoms with E-state index in [0.717, 1.165) is 5.56 Å². The Morgan fingerprint density at radius 1 is 1.00 bits per heavy atom. The molecule has 0 fully saturated rings. The summed E-state index contributed by atoms with van der Waals surface area (Å²) in [6.45, 7) is 0.237. The Labute approximate surface area is 163 Å². The fourth-order valence-electron chi connectivity index (χ4n) is 2.49. The highest BCUT2D eigenvalue weighted by atomic mass is 32.2. The molecule has 0 saturated carbocycles. The number of benzene rings is 3. The van der Waals surface area contributed by atoms with Crippen LogP contribution in [-0.4, -0.2) is 8.42 Å². The van der Waals surface area contributed by atoms with Crippen LogP contribution in [0.1, 0.15) is 11.1 Å². The summed E-state index contributed by atoms with van der Waals surface area (Å²) in [5, 5.41) is 9.37. The Morgan fingerprint density at radius 2 is 1.71 bits per heavy atom. The van der Waals surface area contributed by atoms with Gasteiger partial charge in [-0.25, -0.2) is 12.8 Å². The topological polar surface area (TPSA) is 67.2 Å². The summed E-state index contributed by atoms with van der Waals surface area (Å²) >= 11 is 0. The zero-order chi connectivity index (χ0) is 20.0. The van der Waals surface area contributed by atoms with Crippen molar-refractivity contribution in [3.05, 3.63) is 101 Å². The highest BCUT2D eigenvalue weighted by molar-refractivity contribution is 7.95. The first kappa shape index (κ1) is 19.3. The predicted molar refractivity (Wildman–Crippen MR) is 104 cm³/mol. The van der Waals surface area contributed by atoms with Gasteiger partial charge in [0, 0.05) is 0 Å². The number of allylic oxidation sites excluding steroid dienone is 1. The number of hydrogen-bond acceptors (Lipinski definition) is 4. The van der Waals surface area contributed by atoms with Crippen LogP contribution < -0.4 is 4.74 Å². The van der Waals surface area contributed by atoms with Crippen molar-refractivity contribution in [1.29, 1.82) is 5.26 Å². The molecule has 0 aliphatic heterocycles. The molecule has 0 amide bonds. The van der Waals surface area contributed by atoms with E-state index in [-0.39, 0.29) is 22.2 Å². The van der Waals surface area contributed by atoms with Crippen LogP contribution in [0.25, 0.3) is 6.08 Å². The van der Waals surface area contributed by atoms with Crippen LogP contribution in [0.5, 0.6) is 5.75 Å². The molecule has 0 aromatic heterocycles. The lowest BCUT2D eigenvalue weighted by Gasteiger charge is -2.07. The molecule has 0 saturated heterocycles. The Balaban J connectivity index is 1.82. The average molecular weight is 393 g/mol. The molecule has 0 bridgehead atoms. The van der Waals surface area contributed by atoms with Crippen molar-refractivity contribution in [2.45, 2.75) is 11.5 Å². The van der Waals surface area contributed by atoms with Gasteiger partial charge in [-0.15, -0.1) is 0 Å². The molecule has 6 heteroatoms. The summed E-state index contributed by atoms with van der Waals surface area (Å²) in [6, 6.07) is 22.3. The molecular formula is C22H16FNO3S. The molecule has 0 unspecified atom stereocenters. The fourth-order valence-corrected chi connectivity index (χ4v) is 3.67. The van der Waals surface area contributed by atoms with E-state index in [4.69, 9.17) is 4.74 Å². The lowest BCUT2D eigenvalue weighted by atomic mass is 10.2. The maximum Gasteiger partial charge on any atom is 0.216 e. The minimum Gasteiger partial charge on any atom is -0.489 e. The van der Waals surface area contributed by atoms with E-state index in [1.54, 1.807) is 60.7 Å². The maximum absolute atomic E-state index is 13.0. The van der Waals surface area contributed by atoms with Gasteiger partial charge in [-0.1, -0.05) is 42.5 Å². The van der Waals surface area contributed by atoms with E-state index in [1.807, 2.05) is 0 Å².